The van der Waals surface area contributed by atoms with Gasteiger partial charge in [0.05, 0.1) is 42.0 Å². The number of nitrogens with one attached hydrogen (secondary N) is 1. The Balaban J connectivity index is 1.95. The molecule has 2 rings (SSSR count). The van der Waals surface area contributed by atoms with Crippen molar-refractivity contribution < 1.29 is 28.5 Å². The minimum absolute atomic E-state index is 0.0698. The Morgan fingerprint density at radius 3 is 1.86 bits per heavy atom. The highest BCUT2D eigenvalue weighted by atomic mass is 16.5. The van der Waals surface area contributed by atoms with Crippen LogP contribution in [0.2, 0.25) is 0 Å². The summed E-state index contributed by atoms with van der Waals surface area (Å²) in [5, 5.41) is 2.93. The second-order valence-electron chi connectivity index (χ2n) is 6.00. The first-order valence-corrected chi connectivity index (χ1v) is 8.82. The topological polar surface area (TPSA) is 75.3 Å². The van der Waals surface area contributed by atoms with Crippen molar-refractivity contribution in [2.24, 2.45) is 0 Å². The molecule has 0 bridgehead atoms. The third-order valence-corrected chi connectivity index (χ3v) is 4.27. The van der Waals surface area contributed by atoms with Crippen LogP contribution in [0.4, 0.5) is 0 Å². The van der Waals surface area contributed by atoms with Crippen molar-refractivity contribution in [2.45, 2.75) is 12.8 Å². The molecule has 0 aliphatic rings. The first kappa shape index (κ1) is 21.2. The average Bonchev–Trinajstić information content (AvgIpc) is 2.72. The molecule has 0 heterocycles. The first-order valence-electron chi connectivity index (χ1n) is 8.82. The van der Waals surface area contributed by atoms with Crippen LogP contribution in [0.5, 0.6) is 28.7 Å². The van der Waals surface area contributed by atoms with Crippen LogP contribution < -0.4 is 29.0 Å². The number of carbonyl (C=O) groups is 1. The number of ether oxygens (including phenoxy) is 5. The number of benzene rings is 2. The summed E-state index contributed by atoms with van der Waals surface area (Å²) in [6.07, 6.45) is 0.893. The van der Waals surface area contributed by atoms with Gasteiger partial charge in [-0.05, 0) is 41.8 Å². The quantitative estimate of drug-likeness (QED) is 0.673. The first-order chi connectivity index (χ1) is 13.6. The summed E-state index contributed by atoms with van der Waals surface area (Å²) in [7, 11) is 7.86. The summed E-state index contributed by atoms with van der Waals surface area (Å²) in [6, 6.07) is 9.19. The Kier molecular flexibility index (Phi) is 7.80. The maximum atomic E-state index is 12.3. The van der Waals surface area contributed by atoms with E-state index in [1.54, 1.807) is 47.7 Å². The van der Waals surface area contributed by atoms with Crippen LogP contribution in [-0.2, 0) is 17.6 Å². The molecule has 0 spiro atoms. The molecule has 0 saturated carbocycles. The van der Waals surface area contributed by atoms with Crippen molar-refractivity contribution >= 4 is 5.91 Å². The Morgan fingerprint density at radius 1 is 0.750 bits per heavy atom. The third kappa shape index (κ3) is 5.22. The molecule has 7 heteroatoms. The van der Waals surface area contributed by atoms with E-state index >= 15 is 0 Å². The monoisotopic (exact) mass is 389 g/mol. The summed E-state index contributed by atoms with van der Waals surface area (Å²) in [4.78, 5) is 12.3. The van der Waals surface area contributed by atoms with Crippen molar-refractivity contribution in [2.75, 3.05) is 42.1 Å². The third-order valence-electron chi connectivity index (χ3n) is 4.27. The van der Waals surface area contributed by atoms with Crippen molar-refractivity contribution in [3.63, 3.8) is 0 Å². The molecular weight excluding hydrogens is 362 g/mol. The van der Waals surface area contributed by atoms with E-state index in [0.717, 1.165) is 11.1 Å². The van der Waals surface area contributed by atoms with Crippen molar-refractivity contribution in [1.82, 2.24) is 5.32 Å². The van der Waals surface area contributed by atoms with Gasteiger partial charge in [-0.2, -0.15) is 0 Å². The van der Waals surface area contributed by atoms with E-state index in [1.807, 2.05) is 18.2 Å². The molecule has 7 nitrogen and oxygen atoms in total. The molecule has 0 aliphatic heterocycles. The van der Waals surface area contributed by atoms with Crippen LogP contribution >= 0.6 is 0 Å². The average molecular weight is 389 g/mol. The minimum Gasteiger partial charge on any atom is -0.493 e. The number of hydrogen-bond donors (Lipinski definition) is 1. The highest BCUT2D eigenvalue weighted by Gasteiger charge is 2.13. The summed E-state index contributed by atoms with van der Waals surface area (Å²) < 4.78 is 26.5. The molecule has 28 heavy (non-hydrogen) atoms. The van der Waals surface area contributed by atoms with Gasteiger partial charge in [-0.3, -0.25) is 4.79 Å². The van der Waals surface area contributed by atoms with E-state index in [-0.39, 0.29) is 12.3 Å². The molecule has 0 fully saturated rings. The SMILES string of the molecule is COc1ccc(CC(=O)NCCc2cc(OC)c(OC)c(OC)c2)cc1OC. The maximum Gasteiger partial charge on any atom is 0.224 e. The maximum absolute atomic E-state index is 12.3. The summed E-state index contributed by atoms with van der Waals surface area (Å²) >= 11 is 0. The van der Waals surface area contributed by atoms with Gasteiger partial charge in [0.1, 0.15) is 0 Å². The predicted octanol–water partition coefficient (Wildman–Crippen LogP) is 2.63. The van der Waals surface area contributed by atoms with E-state index in [0.29, 0.717) is 41.7 Å². The summed E-state index contributed by atoms with van der Waals surface area (Å²) in [6.45, 7) is 0.491. The van der Waals surface area contributed by atoms with Crippen molar-refractivity contribution in [3.8, 4) is 28.7 Å². The summed E-state index contributed by atoms with van der Waals surface area (Å²) in [5.74, 6) is 2.90. The number of methoxy groups -OCH3 is 5. The van der Waals surface area contributed by atoms with Crippen LogP contribution in [0.25, 0.3) is 0 Å². The van der Waals surface area contributed by atoms with Crippen LogP contribution in [0, 0.1) is 0 Å². The largest absolute Gasteiger partial charge is 0.493 e. The molecule has 2 aromatic rings. The molecule has 0 unspecified atom stereocenters. The Labute approximate surface area is 165 Å². The van der Waals surface area contributed by atoms with E-state index in [4.69, 9.17) is 23.7 Å². The standard InChI is InChI=1S/C21H27NO6/c1-24-16-7-6-14(10-17(16)25-2)13-20(23)22-9-8-15-11-18(26-3)21(28-5)19(12-15)27-4/h6-7,10-12H,8-9,13H2,1-5H3,(H,22,23). The molecule has 0 radical (unpaired) electrons. The van der Waals surface area contributed by atoms with Gasteiger partial charge in [0, 0.05) is 6.54 Å². The van der Waals surface area contributed by atoms with Crippen LogP contribution in [-0.4, -0.2) is 48.0 Å². The van der Waals surface area contributed by atoms with Crippen molar-refractivity contribution in [3.05, 3.63) is 41.5 Å². The van der Waals surface area contributed by atoms with E-state index in [9.17, 15) is 4.79 Å². The zero-order chi connectivity index (χ0) is 20.5. The molecule has 0 saturated heterocycles. The lowest BCUT2D eigenvalue weighted by molar-refractivity contribution is -0.120. The Morgan fingerprint density at radius 2 is 1.32 bits per heavy atom. The molecule has 152 valence electrons. The molecule has 1 amide bonds. The highest BCUT2D eigenvalue weighted by Crippen LogP contribution is 2.38. The second-order valence-corrected chi connectivity index (χ2v) is 6.00. The number of carbonyl (C=O) groups excluding carboxylic acids is 1. The van der Waals surface area contributed by atoms with Crippen LogP contribution in [0.1, 0.15) is 11.1 Å². The van der Waals surface area contributed by atoms with Gasteiger partial charge >= 0.3 is 0 Å². The predicted molar refractivity (Wildman–Crippen MR) is 106 cm³/mol. The highest BCUT2D eigenvalue weighted by molar-refractivity contribution is 5.78. The van der Waals surface area contributed by atoms with Gasteiger partial charge in [-0.15, -0.1) is 0 Å². The molecule has 0 atom stereocenters. The molecule has 0 aliphatic carbocycles. The molecule has 1 N–H and O–H groups in total. The summed E-state index contributed by atoms with van der Waals surface area (Å²) in [5.41, 5.74) is 1.82. The van der Waals surface area contributed by atoms with Crippen LogP contribution in [0.3, 0.4) is 0 Å². The molecular formula is C21H27NO6. The van der Waals surface area contributed by atoms with Gasteiger partial charge in [0.15, 0.2) is 23.0 Å². The molecule has 2 aromatic carbocycles. The number of hydrogen-bond acceptors (Lipinski definition) is 6. The minimum atomic E-state index is -0.0698. The fraction of sp³-hybridized carbons (Fsp3) is 0.381. The zero-order valence-corrected chi connectivity index (χ0v) is 17.0. The second kappa shape index (κ2) is 10.3. The van der Waals surface area contributed by atoms with Gasteiger partial charge in [0.25, 0.3) is 0 Å². The van der Waals surface area contributed by atoms with E-state index in [1.165, 1.54) is 0 Å². The lowest BCUT2D eigenvalue weighted by atomic mass is 10.1. The van der Waals surface area contributed by atoms with E-state index < -0.39 is 0 Å². The Bertz CT molecular complexity index is 780. The van der Waals surface area contributed by atoms with Gasteiger partial charge in [-0.1, -0.05) is 6.07 Å². The van der Waals surface area contributed by atoms with Gasteiger partial charge < -0.3 is 29.0 Å². The fourth-order valence-electron chi connectivity index (χ4n) is 2.86. The smallest absolute Gasteiger partial charge is 0.224 e. The lowest BCUT2D eigenvalue weighted by Gasteiger charge is -2.14. The fourth-order valence-corrected chi connectivity index (χ4v) is 2.86. The van der Waals surface area contributed by atoms with Crippen molar-refractivity contribution in [1.29, 1.82) is 0 Å². The normalized spacial score (nSPS) is 10.2. The number of rotatable bonds is 10. The molecule has 0 aromatic heterocycles. The van der Waals surface area contributed by atoms with Gasteiger partial charge in [0.2, 0.25) is 11.7 Å². The lowest BCUT2D eigenvalue weighted by Crippen LogP contribution is -2.27. The van der Waals surface area contributed by atoms with Crippen LogP contribution in [0.15, 0.2) is 30.3 Å². The number of amides is 1. The van der Waals surface area contributed by atoms with E-state index in [2.05, 4.69) is 5.32 Å². The zero-order valence-electron chi connectivity index (χ0n) is 17.0. The Hall–Kier alpha value is -3.09. The van der Waals surface area contributed by atoms with Gasteiger partial charge in [-0.25, -0.2) is 0 Å².